The molecule has 1 heterocycles. The number of aromatic nitrogens is 1. The number of benzene rings is 1. The summed E-state index contributed by atoms with van der Waals surface area (Å²) in [6, 6.07) is 4.50. The number of alkyl halides is 3. The van der Waals surface area contributed by atoms with Crippen LogP contribution in [0, 0.1) is 0 Å². The minimum absolute atomic E-state index is 0.273. The molecule has 8 heteroatoms. The third kappa shape index (κ3) is 3.22. The molecule has 2 aromatic rings. The van der Waals surface area contributed by atoms with Gasteiger partial charge in [0.2, 0.25) is 0 Å². The van der Waals surface area contributed by atoms with Crippen molar-refractivity contribution >= 4 is 28.1 Å². The van der Waals surface area contributed by atoms with Gasteiger partial charge in [-0.1, -0.05) is 11.3 Å². The summed E-state index contributed by atoms with van der Waals surface area (Å²) in [5.41, 5.74) is 4.78. The summed E-state index contributed by atoms with van der Waals surface area (Å²) in [5, 5.41) is 3.17. The van der Waals surface area contributed by atoms with Gasteiger partial charge in [0.05, 0.1) is 11.8 Å². The van der Waals surface area contributed by atoms with Gasteiger partial charge in [0.15, 0.2) is 5.13 Å². The van der Waals surface area contributed by atoms with Crippen molar-refractivity contribution in [3.8, 4) is 0 Å². The van der Waals surface area contributed by atoms with Gasteiger partial charge in [0, 0.05) is 5.69 Å². The monoisotopic (exact) mass is 287 g/mol. The summed E-state index contributed by atoms with van der Waals surface area (Å²) in [6.45, 7) is 0. The molecule has 100 valence electrons. The summed E-state index contributed by atoms with van der Waals surface area (Å²) in [5.74, 6) is -0.599. The van der Waals surface area contributed by atoms with Gasteiger partial charge >= 0.3 is 6.18 Å². The molecule has 0 spiro atoms. The fourth-order valence-corrected chi connectivity index (χ4v) is 2.00. The van der Waals surface area contributed by atoms with Crippen molar-refractivity contribution in [2.24, 2.45) is 5.73 Å². The molecule has 1 aromatic heterocycles. The van der Waals surface area contributed by atoms with Gasteiger partial charge in [-0.25, -0.2) is 4.98 Å². The first-order chi connectivity index (χ1) is 8.86. The summed E-state index contributed by atoms with van der Waals surface area (Å²) in [4.78, 5) is 15.0. The standard InChI is InChI=1S/C11H8F3N3OS/c12-11(13,14)6-1-3-7(4-2-6)17-10-16-5-8(19-10)9(15)18/h1-5H,(H2,15,18)(H,16,17). The average Bonchev–Trinajstić information content (AvgIpc) is 2.77. The van der Waals surface area contributed by atoms with E-state index in [0.29, 0.717) is 10.8 Å². The van der Waals surface area contributed by atoms with Crippen molar-refractivity contribution in [2.75, 3.05) is 5.32 Å². The minimum Gasteiger partial charge on any atom is -0.365 e. The summed E-state index contributed by atoms with van der Waals surface area (Å²) in [6.07, 6.45) is -3.06. The zero-order valence-corrected chi connectivity index (χ0v) is 10.2. The number of rotatable bonds is 3. The highest BCUT2D eigenvalue weighted by atomic mass is 32.1. The van der Waals surface area contributed by atoms with E-state index in [4.69, 9.17) is 5.73 Å². The molecule has 4 nitrogen and oxygen atoms in total. The second-order valence-electron chi connectivity index (χ2n) is 3.59. The lowest BCUT2D eigenvalue weighted by Crippen LogP contribution is -2.08. The van der Waals surface area contributed by atoms with Crippen molar-refractivity contribution < 1.29 is 18.0 Å². The molecule has 0 unspecified atom stereocenters. The number of carbonyl (C=O) groups is 1. The molecule has 2 rings (SSSR count). The normalized spacial score (nSPS) is 11.3. The molecular formula is C11H8F3N3OS. The third-order valence-electron chi connectivity index (χ3n) is 2.21. The molecule has 0 saturated carbocycles. The van der Waals surface area contributed by atoms with Gasteiger partial charge < -0.3 is 11.1 Å². The summed E-state index contributed by atoms with van der Waals surface area (Å²) < 4.78 is 37.1. The van der Waals surface area contributed by atoms with Crippen molar-refractivity contribution in [1.29, 1.82) is 0 Å². The number of anilines is 2. The van der Waals surface area contributed by atoms with Crippen LogP contribution in [-0.4, -0.2) is 10.9 Å². The van der Waals surface area contributed by atoms with Crippen LogP contribution in [0.1, 0.15) is 15.2 Å². The predicted molar refractivity (Wildman–Crippen MR) is 65.4 cm³/mol. The highest BCUT2D eigenvalue weighted by Crippen LogP contribution is 2.30. The molecule has 3 N–H and O–H groups in total. The molecule has 0 aliphatic heterocycles. The topological polar surface area (TPSA) is 68.0 Å². The van der Waals surface area contributed by atoms with Gasteiger partial charge in [-0.15, -0.1) is 0 Å². The van der Waals surface area contributed by atoms with Crippen LogP contribution in [0.25, 0.3) is 0 Å². The Morgan fingerprint density at radius 2 is 1.89 bits per heavy atom. The Morgan fingerprint density at radius 1 is 1.26 bits per heavy atom. The number of nitrogens with one attached hydrogen (secondary N) is 1. The van der Waals surface area contributed by atoms with Crippen molar-refractivity contribution in [3.63, 3.8) is 0 Å². The Morgan fingerprint density at radius 3 is 2.37 bits per heavy atom. The maximum atomic E-state index is 12.4. The minimum atomic E-state index is -4.36. The summed E-state index contributed by atoms with van der Waals surface area (Å²) in [7, 11) is 0. The van der Waals surface area contributed by atoms with E-state index in [1.54, 1.807) is 0 Å². The molecule has 0 radical (unpaired) electrons. The number of amides is 1. The number of nitrogens with two attached hydrogens (primary N) is 1. The van der Waals surface area contributed by atoms with Crippen molar-refractivity contribution in [2.45, 2.75) is 6.18 Å². The Bertz CT molecular complexity index is 592. The third-order valence-corrected chi connectivity index (χ3v) is 3.14. The number of thiazole rings is 1. The Labute approximate surface area is 110 Å². The van der Waals surface area contributed by atoms with E-state index >= 15 is 0 Å². The SMILES string of the molecule is NC(=O)c1cnc(Nc2ccc(C(F)(F)F)cc2)s1. The van der Waals surface area contributed by atoms with Crippen LogP contribution in [0.5, 0.6) is 0 Å². The highest BCUT2D eigenvalue weighted by molar-refractivity contribution is 7.17. The largest absolute Gasteiger partial charge is 0.416 e. The van der Waals surface area contributed by atoms with E-state index < -0.39 is 17.6 Å². The zero-order valence-electron chi connectivity index (χ0n) is 9.36. The first-order valence-electron chi connectivity index (χ1n) is 5.06. The average molecular weight is 287 g/mol. The fraction of sp³-hybridized carbons (Fsp3) is 0.0909. The highest BCUT2D eigenvalue weighted by Gasteiger charge is 2.29. The van der Waals surface area contributed by atoms with Crippen LogP contribution in [0.4, 0.5) is 24.0 Å². The number of primary amides is 1. The zero-order chi connectivity index (χ0) is 14.0. The Hall–Kier alpha value is -2.09. The maximum absolute atomic E-state index is 12.4. The smallest absolute Gasteiger partial charge is 0.365 e. The molecule has 1 aromatic carbocycles. The van der Waals surface area contributed by atoms with Crippen LogP contribution < -0.4 is 11.1 Å². The number of nitrogens with zero attached hydrogens (tertiary/aromatic N) is 1. The number of halogens is 3. The van der Waals surface area contributed by atoms with E-state index in [2.05, 4.69) is 10.3 Å². The van der Waals surface area contributed by atoms with Gasteiger partial charge in [0.25, 0.3) is 5.91 Å². The predicted octanol–water partition coefficient (Wildman–Crippen LogP) is 3.00. The quantitative estimate of drug-likeness (QED) is 0.911. The maximum Gasteiger partial charge on any atom is 0.416 e. The molecule has 19 heavy (non-hydrogen) atoms. The van der Waals surface area contributed by atoms with Gasteiger partial charge in [-0.05, 0) is 24.3 Å². The van der Waals surface area contributed by atoms with Gasteiger partial charge in [-0.3, -0.25) is 4.79 Å². The second kappa shape index (κ2) is 4.88. The van der Waals surface area contributed by atoms with E-state index in [9.17, 15) is 18.0 Å². The lowest BCUT2D eigenvalue weighted by Gasteiger charge is -2.07. The Balaban J connectivity index is 2.13. The Kier molecular flexibility index (Phi) is 3.43. The number of hydrogen-bond acceptors (Lipinski definition) is 4. The van der Waals surface area contributed by atoms with Crippen molar-refractivity contribution in [3.05, 3.63) is 40.9 Å². The first kappa shape index (κ1) is 13.3. The van der Waals surface area contributed by atoms with Crippen LogP contribution in [0.3, 0.4) is 0 Å². The van der Waals surface area contributed by atoms with Crippen molar-refractivity contribution in [1.82, 2.24) is 4.98 Å². The molecule has 0 saturated heterocycles. The van der Waals surface area contributed by atoms with E-state index in [1.807, 2.05) is 0 Å². The lowest BCUT2D eigenvalue weighted by atomic mass is 10.2. The molecule has 0 aliphatic carbocycles. The summed E-state index contributed by atoms with van der Waals surface area (Å²) >= 11 is 1.03. The molecule has 1 amide bonds. The fourth-order valence-electron chi connectivity index (χ4n) is 1.31. The van der Waals surface area contributed by atoms with Crippen LogP contribution in [-0.2, 0) is 6.18 Å². The van der Waals surface area contributed by atoms with Gasteiger partial charge in [-0.2, -0.15) is 13.2 Å². The van der Waals surface area contributed by atoms with Gasteiger partial charge in [0.1, 0.15) is 4.88 Å². The van der Waals surface area contributed by atoms with Crippen LogP contribution in [0.2, 0.25) is 0 Å². The number of hydrogen-bond donors (Lipinski definition) is 2. The number of carbonyl (C=O) groups excluding carboxylic acids is 1. The van der Waals surface area contributed by atoms with E-state index in [0.717, 1.165) is 23.5 Å². The van der Waals surface area contributed by atoms with E-state index in [-0.39, 0.29) is 4.88 Å². The molecule has 0 bridgehead atoms. The van der Waals surface area contributed by atoms with Crippen LogP contribution >= 0.6 is 11.3 Å². The lowest BCUT2D eigenvalue weighted by molar-refractivity contribution is -0.137. The second-order valence-corrected chi connectivity index (χ2v) is 4.62. The molecule has 0 aliphatic rings. The van der Waals surface area contributed by atoms with Crippen LogP contribution in [0.15, 0.2) is 30.5 Å². The molecule has 0 atom stereocenters. The molecule has 0 fully saturated rings. The first-order valence-corrected chi connectivity index (χ1v) is 5.88. The van der Waals surface area contributed by atoms with E-state index in [1.165, 1.54) is 18.3 Å². The molecular weight excluding hydrogens is 279 g/mol.